The summed E-state index contributed by atoms with van der Waals surface area (Å²) in [5.74, 6) is 0.532. The third kappa shape index (κ3) is 5.01. The minimum atomic E-state index is 0. The van der Waals surface area contributed by atoms with Crippen molar-refractivity contribution in [2.24, 2.45) is 10.7 Å². The van der Waals surface area contributed by atoms with Crippen LogP contribution in [-0.4, -0.2) is 12.5 Å². The summed E-state index contributed by atoms with van der Waals surface area (Å²) in [4.78, 5) is 4.33. The van der Waals surface area contributed by atoms with E-state index in [1.54, 1.807) is 0 Å². The first-order valence-corrected chi connectivity index (χ1v) is 6.98. The van der Waals surface area contributed by atoms with Gasteiger partial charge in [-0.25, -0.2) is 0 Å². The molecule has 0 radical (unpaired) electrons. The van der Waals surface area contributed by atoms with Gasteiger partial charge in [-0.05, 0) is 48.9 Å². The predicted octanol–water partition coefficient (Wildman–Crippen LogP) is 3.71. The highest BCUT2D eigenvalue weighted by Gasteiger charge is 2.10. The number of unbranched alkanes of at least 4 members (excludes halogenated alkanes) is 2. The quantitative estimate of drug-likeness (QED) is 0.358. The number of aliphatic imine (C=N–C) groups is 1. The molecule has 1 aromatic carbocycles. The lowest BCUT2D eigenvalue weighted by Gasteiger charge is -2.07. The smallest absolute Gasteiger partial charge is 0.193 e. The number of guanidine groups is 1. The van der Waals surface area contributed by atoms with Gasteiger partial charge in [-0.15, -0.1) is 24.0 Å². The molecule has 0 bridgehead atoms. The van der Waals surface area contributed by atoms with Gasteiger partial charge < -0.3 is 11.1 Å². The first-order chi connectivity index (χ1) is 8.79. The van der Waals surface area contributed by atoms with Crippen LogP contribution in [0, 0.1) is 0 Å². The highest BCUT2D eigenvalue weighted by atomic mass is 127. The number of nitrogens with two attached hydrogens (primary N) is 1. The summed E-state index contributed by atoms with van der Waals surface area (Å²) in [6, 6.07) is 6.50. The van der Waals surface area contributed by atoms with Gasteiger partial charge in [0.1, 0.15) is 0 Å². The van der Waals surface area contributed by atoms with E-state index in [1.807, 2.05) is 0 Å². The maximum absolute atomic E-state index is 5.87. The first kappa shape index (κ1) is 16.3. The fourth-order valence-corrected chi connectivity index (χ4v) is 2.40. The van der Waals surface area contributed by atoms with E-state index in [0.29, 0.717) is 5.96 Å². The average molecular weight is 373 g/mol. The average Bonchev–Trinajstić information content (AvgIpc) is 2.82. The topological polar surface area (TPSA) is 50.4 Å². The van der Waals surface area contributed by atoms with Crippen LogP contribution in [0.5, 0.6) is 0 Å². The summed E-state index contributed by atoms with van der Waals surface area (Å²) in [7, 11) is 0. The van der Waals surface area contributed by atoms with Crippen LogP contribution >= 0.6 is 24.0 Å². The van der Waals surface area contributed by atoms with E-state index in [9.17, 15) is 0 Å². The van der Waals surface area contributed by atoms with Gasteiger partial charge in [-0.3, -0.25) is 4.99 Å². The molecule has 106 valence electrons. The molecule has 0 amide bonds. The molecule has 0 aromatic heterocycles. The van der Waals surface area contributed by atoms with Crippen LogP contribution in [-0.2, 0) is 12.8 Å². The summed E-state index contributed by atoms with van der Waals surface area (Å²) < 4.78 is 0. The van der Waals surface area contributed by atoms with E-state index in [2.05, 4.69) is 35.4 Å². The van der Waals surface area contributed by atoms with E-state index >= 15 is 0 Å². The number of nitrogens with zero attached hydrogens (tertiary/aromatic N) is 1. The summed E-state index contributed by atoms with van der Waals surface area (Å²) >= 11 is 0. The Balaban J connectivity index is 0.00000180. The molecular formula is C15H24IN3. The van der Waals surface area contributed by atoms with E-state index in [4.69, 9.17) is 5.73 Å². The molecule has 1 aromatic rings. The van der Waals surface area contributed by atoms with Gasteiger partial charge in [-0.2, -0.15) is 0 Å². The number of fused-ring (bicyclic) bond motifs is 1. The van der Waals surface area contributed by atoms with Gasteiger partial charge in [0.15, 0.2) is 5.96 Å². The minimum Gasteiger partial charge on any atom is -0.370 e. The Kier molecular flexibility index (Phi) is 7.20. The highest BCUT2D eigenvalue weighted by Crippen LogP contribution is 2.24. The number of rotatable bonds is 5. The molecular weight excluding hydrogens is 349 g/mol. The molecule has 3 N–H and O–H groups in total. The SMILES string of the molecule is CCCCCN=C(N)Nc1ccc2c(c1)CCC2.I. The van der Waals surface area contributed by atoms with Crippen LogP contribution < -0.4 is 11.1 Å². The molecule has 0 aliphatic heterocycles. The molecule has 0 saturated carbocycles. The Hall–Kier alpha value is -0.780. The monoisotopic (exact) mass is 373 g/mol. The van der Waals surface area contributed by atoms with Crippen molar-refractivity contribution in [1.29, 1.82) is 0 Å². The summed E-state index contributed by atoms with van der Waals surface area (Å²) in [5.41, 5.74) is 9.88. The third-order valence-electron chi connectivity index (χ3n) is 3.41. The van der Waals surface area contributed by atoms with Crippen molar-refractivity contribution in [3.05, 3.63) is 29.3 Å². The first-order valence-electron chi connectivity index (χ1n) is 6.98. The van der Waals surface area contributed by atoms with Crippen LogP contribution in [0.25, 0.3) is 0 Å². The molecule has 0 heterocycles. The number of hydrogen-bond acceptors (Lipinski definition) is 1. The molecule has 0 fully saturated rings. The number of hydrogen-bond donors (Lipinski definition) is 2. The van der Waals surface area contributed by atoms with Crippen LogP contribution in [0.1, 0.15) is 43.7 Å². The fraction of sp³-hybridized carbons (Fsp3) is 0.533. The van der Waals surface area contributed by atoms with Crippen molar-refractivity contribution >= 4 is 35.6 Å². The second kappa shape index (κ2) is 8.40. The number of nitrogens with one attached hydrogen (secondary N) is 1. The van der Waals surface area contributed by atoms with E-state index in [0.717, 1.165) is 18.7 Å². The van der Waals surface area contributed by atoms with Crippen LogP contribution in [0.4, 0.5) is 5.69 Å². The molecule has 3 nitrogen and oxygen atoms in total. The normalized spacial score (nSPS) is 13.8. The Morgan fingerprint density at radius 2 is 2.05 bits per heavy atom. The van der Waals surface area contributed by atoms with Crippen molar-refractivity contribution in [3.8, 4) is 0 Å². The van der Waals surface area contributed by atoms with Gasteiger partial charge in [-0.1, -0.05) is 25.8 Å². The van der Waals surface area contributed by atoms with Crippen molar-refractivity contribution in [3.63, 3.8) is 0 Å². The number of halogens is 1. The van der Waals surface area contributed by atoms with Crippen LogP contribution in [0.15, 0.2) is 23.2 Å². The van der Waals surface area contributed by atoms with Gasteiger partial charge in [0.05, 0.1) is 0 Å². The zero-order chi connectivity index (χ0) is 12.8. The Labute approximate surface area is 133 Å². The molecule has 2 rings (SSSR count). The standard InChI is InChI=1S/C15H23N3.HI/c1-2-3-4-10-17-15(16)18-14-9-8-12-6-5-7-13(12)11-14;/h8-9,11H,2-7,10H2,1H3,(H3,16,17,18);1H. The van der Waals surface area contributed by atoms with Crippen molar-refractivity contribution in [1.82, 2.24) is 0 Å². The third-order valence-corrected chi connectivity index (χ3v) is 3.41. The predicted molar refractivity (Wildman–Crippen MR) is 93.5 cm³/mol. The Bertz CT molecular complexity index is 429. The van der Waals surface area contributed by atoms with E-state index in [-0.39, 0.29) is 24.0 Å². The zero-order valence-corrected chi connectivity index (χ0v) is 13.9. The second-order valence-corrected chi connectivity index (χ2v) is 4.94. The lowest BCUT2D eigenvalue weighted by Crippen LogP contribution is -2.22. The van der Waals surface area contributed by atoms with E-state index in [1.165, 1.54) is 43.2 Å². The number of aryl methyl sites for hydroxylation is 2. The molecule has 1 aliphatic rings. The Morgan fingerprint density at radius 1 is 1.26 bits per heavy atom. The van der Waals surface area contributed by atoms with Gasteiger partial charge in [0, 0.05) is 12.2 Å². The van der Waals surface area contributed by atoms with Gasteiger partial charge in [0.25, 0.3) is 0 Å². The highest BCUT2D eigenvalue weighted by molar-refractivity contribution is 14.0. The number of benzene rings is 1. The van der Waals surface area contributed by atoms with Gasteiger partial charge >= 0.3 is 0 Å². The molecule has 1 aliphatic carbocycles. The number of anilines is 1. The molecule has 0 spiro atoms. The lowest BCUT2D eigenvalue weighted by atomic mass is 10.1. The summed E-state index contributed by atoms with van der Waals surface area (Å²) in [6.45, 7) is 3.01. The minimum absolute atomic E-state index is 0. The maximum atomic E-state index is 5.87. The second-order valence-electron chi connectivity index (χ2n) is 4.94. The molecule has 19 heavy (non-hydrogen) atoms. The van der Waals surface area contributed by atoms with Crippen molar-refractivity contribution in [2.45, 2.75) is 45.4 Å². The summed E-state index contributed by atoms with van der Waals surface area (Å²) in [6.07, 6.45) is 7.24. The zero-order valence-electron chi connectivity index (χ0n) is 11.6. The largest absolute Gasteiger partial charge is 0.370 e. The summed E-state index contributed by atoms with van der Waals surface area (Å²) in [5, 5.41) is 3.18. The molecule has 0 saturated heterocycles. The van der Waals surface area contributed by atoms with Crippen LogP contribution in [0.3, 0.4) is 0 Å². The molecule has 0 atom stereocenters. The van der Waals surface area contributed by atoms with Crippen LogP contribution in [0.2, 0.25) is 0 Å². The lowest BCUT2D eigenvalue weighted by molar-refractivity contribution is 0.727. The maximum Gasteiger partial charge on any atom is 0.193 e. The molecule has 4 heteroatoms. The molecule has 0 unspecified atom stereocenters. The fourth-order valence-electron chi connectivity index (χ4n) is 2.40. The van der Waals surface area contributed by atoms with Crippen molar-refractivity contribution in [2.75, 3.05) is 11.9 Å². The Morgan fingerprint density at radius 3 is 2.84 bits per heavy atom. The van der Waals surface area contributed by atoms with Crippen molar-refractivity contribution < 1.29 is 0 Å². The van der Waals surface area contributed by atoms with Gasteiger partial charge in [0.2, 0.25) is 0 Å². The van der Waals surface area contributed by atoms with E-state index < -0.39 is 0 Å².